The lowest BCUT2D eigenvalue weighted by atomic mass is 10.0. The summed E-state index contributed by atoms with van der Waals surface area (Å²) in [5.74, 6) is -2.42. The lowest BCUT2D eigenvalue weighted by molar-refractivity contribution is -0.150. The molecular weight excluding hydrogens is 408 g/mol. The summed E-state index contributed by atoms with van der Waals surface area (Å²) in [6.07, 6.45) is 4.90. The second-order valence-electron chi connectivity index (χ2n) is 6.01. The van der Waals surface area contributed by atoms with Gasteiger partial charge in [-0.05, 0) is 6.26 Å². The van der Waals surface area contributed by atoms with Gasteiger partial charge in [0.05, 0.1) is 0 Å². The maximum absolute atomic E-state index is 12.9. The first-order valence-corrected chi connectivity index (χ1v) is 10.5. The Balaban J connectivity index is 1.93. The average Bonchev–Trinajstić information content (AvgIpc) is 3.10. The van der Waals surface area contributed by atoms with Crippen LogP contribution in [0.15, 0.2) is 28.8 Å². The number of β-lactam (4-membered cyclic amide) rings is 1. The van der Waals surface area contributed by atoms with Crippen LogP contribution < -0.4 is 5.01 Å². The van der Waals surface area contributed by atoms with Gasteiger partial charge < -0.3 is 9.84 Å². The molecule has 2 aliphatic heterocycles. The molecular formula is C16H18N4O6S2. The SMILES string of the molecule is CSc1nccn1N(C(C)=O)C1C(=O)N2C(C(=O)O)=C(COC(C)=O)CSC12. The minimum Gasteiger partial charge on any atom is -0.477 e. The highest BCUT2D eigenvalue weighted by molar-refractivity contribution is 8.00. The zero-order valence-corrected chi connectivity index (χ0v) is 17.0. The van der Waals surface area contributed by atoms with Gasteiger partial charge in [-0.25, -0.2) is 19.5 Å². The highest BCUT2D eigenvalue weighted by Crippen LogP contribution is 2.42. The molecule has 150 valence electrons. The second kappa shape index (κ2) is 7.87. The van der Waals surface area contributed by atoms with Crippen molar-refractivity contribution in [3.05, 3.63) is 23.7 Å². The third kappa shape index (κ3) is 3.37. The Morgan fingerprint density at radius 2 is 2.14 bits per heavy atom. The first-order chi connectivity index (χ1) is 13.3. The summed E-state index contributed by atoms with van der Waals surface area (Å²) < 4.78 is 6.42. The van der Waals surface area contributed by atoms with Gasteiger partial charge >= 0.3 is 11.9 Å². The summed E-state index contributed by atoms with van der Waals surface area (Å²) in [6.45, 7) is 2.37. The van der Waals surface area contributed by atoms with Gasteiger partial charge in [-0.2, -0.15) is 0 Å². The smallest absolute Gasteiger partial charge is 0.352 e. The van der Waals surface area contributed by atoms with E-state index in [0.29, 0.717) is 10.7 Å². The standard InChI is InChI=1S/C16H18N4O6S2/c1-8(21)20(18-5-4-17-16(18)27-3)12-13(23)19-11(15(24)25)10(6-26-9(2)22)7-28-14(12)19/h4-5,12,14H,6-7H2,1-3H3,(H,24,25). The third-order valence-corrected chi connectivity index (χ3v) is 6.24. The summed E-state index contributed by atoms with van der Waals surface area (Å²) in [7, 11) is 0. The van der Waals surface area contributed by atoms with Crippen LogP contribution in [0.4, 0.5) is 0 Å². The summed E-state index contributed by atoms with van der Waals surface area (Å²) in [4.78, 5) is 53.4. The van der Waals surface area contributed by atoms with Crippen molar-refractivity contribution in [2.45, 2.75) is 30.4 Å². The zero-order chi connectivity index (χ0) is 20.6. The lowest BCUT2D eigenvalue weighted by Crippen LogP contribution is -2.73. The highest BCUT2D eigenvalue weighted by Gasteiger charge is 2.57. The maximum Gasteiger partial charge on any atom is 0.352 e. The number of fused-ring (bicyclic) bond motifs is 1. The monoisotopic (exact) mass is 426 g/mol. The van der Waals surface area contributed by atoms with Gasteiger partial charge in [0.1, 0.15) is 17.7 Å². The minimum atomic E-state index is -1.28. The molecule has 2 unspecified atom stereocenters. The largest absolute Gasteiger partial charge is 0.477 e. The van der Waals surface area contributed by atoms with Crippen LogP contribution >= 0.6 is 23.5 Å². The number of aromatic nitrogens is 2. The number of esters is 1. The van der Waals surface area contributed by atoms with Gasteiger partial charge in [0, 0.05) is 37.6 Å². The van der Waals surface area contributed by atoms with Crippen LogP contribution in [0, 0.1) is 0 Å². The lowest BCUT2D eigenvalue weighted by Gasteiger charge is -2.52. The molecule has 0 spiro atoms. The van der Waals surface area contributed by atoms with Crippen LogP contribution in [-0.2, 0) is 23.9 Å². The molecule has 2 amide bonds. The Kier molecular flexibility index (Phi) is 5.70. The Bertz CT molecular complexity index is 882. The van der Waals surface area contributed by atoms with Crippen LogP contribution in [0.5, 0.6) is 0 Å². The van der Waals surface area contributed by atoms with Gasteiger partial charge in [-0.3, -0.25) is 19.3 Å². The van der Waals surface area contributed by atoms with Crippen molar-refractivity contribution < 1.29 is 29.0 Å². The number of carbonyl (C=O) groups excluding carboxylic acids is 3. The molecule has 0 aliphatic carbocycles. The third-order valence-electron chi connectivity index (χ3n) is 4.26. The molecule has 1 N–H and O–H groups in total. The van der Waals surface area contributed by atoms with Gasteiger partial charge in [-0.1, -0.05) is 11.8 Å². The molecule has 10 nitrogen and oxygen atoms in total. The fraction of sp³-hybridized carbons (Fsp3) is 0.438. The molecule has 28 heavy (non-hydrogen) atoms. The number of imidazole rings is 1. The number of thioether (sulfide) groups is 2. The molecule has 12 heteroatoms. The van der Waals surface area contributed by atoms with Crippen molar-refractivity contribution in [1.82, 2.24) is 14.6 Å². The molecule has 1 aromatic heterocycles. The van der Waals surface area contributed by atoms with Crippen molar-refractivity contribution in [3.8, 4) is 0 Å². The van der Waals surface area contributed by atoms with E-state index in [9.17, 15) is 24.3 Å². The maximum atomic E-state index is 12.9. The molecule has 2 atom stereocenters. The van der Waals surface area contributed by atoms with Crippen LogP contribution in [-0.4, -0.2) is 73.5 Å². The molecule has 3 heterocycles. The number of carboxylic acids is 1. The highest BCUT2D eigenvalue weighted by atomic mass is 32.2. The number of hydrogen-bond acceptors (Lipinski definition) is 8. The number of nitrogens with zero attached hydrogens (tertiary/aromatic N) is 4. The van der Waals surface area contributed by atoms with Crippen LogP contribution in [0.2, 0.25) is 0 Å². The van der Waals surface area contributed by atoms with Crippen LogP contribution in [0.3, 0.4) is 0 Å². The van der Waals surface area contributed by atoms with Gasteiger partial charge in [0.2, 0.25) is 5.91 Å². The number of ether oxygens (including phenoxy) is 1. The number of amides is 2. The Morgan fingerprint density at radius 3 is 2.71 bits per heavy atom. The van der Waals surface area contributed by atoms with E-state index >= 15 is 0 Å². The van der Waals surface area contributed by atoms with E-state index < -0.39 is 29.3 Å². The van der Waals surface area contributed by atoms with E-state index in [0.717, 1.165) is 4.90 Å². The molecule has 1 fully saturated rings. The van der Waals surface area contributed by atoms with E-state index in [1.54, 1.807) is 12.5 Å². The van der Waals surface area contributed by atoms with Crippen molar-refractivity contribution in [2.24, 2.45) is 0 Å². The number of rotatable bonds is 6. The van der Waals surface area contributed by atoms with Crippen molar-refractivity contribution in [1.29, 1.82) is 0 Å². The quantitative estimate of drug-likeness (QED) is 0.388. The molecule has 2 aliphatic rings. The predicted octanol–water partition coefficient (Wildman–Crippen LogP) is 0.275. The predicted molar refractivity (Wildman–Crippen MR) is 101 cm³/mol. The zero-order valence-electron chi connectivity index (χ0n) is 15.3. The normalized spacial score (nSPS) is 21.1. The molecule has 1 aromatic rings. The molecule has 3 rings (SSSR count). The molecule has 0 saturated carbocycles. The van der Waals surface area contributed by atoms with E-state index in [4.69, 9.17) is 4.74 Å². The Labute approximate surface area is 168 Å². The summed E-state index contributed by atoms with van der Waals surface area (Å²) >= 11 is 2.64. The molecule has 0 radical (unpaired) electrons. The fourth-order valence-electron chi connectivity index (χ4n) is 3.13. The Hall–Kier alpha value is -2.47. The first kappa shape index (κ1) is 20.3. The van der Waals surface area contributed by atoms with E-state index in [1.165, 1.54) is 53.3 Å². The minimum absolute atomic E-state index is 0.189. The summed E-state index contributed by atoms with van der Waals surface area (Å²) in [5, 5.41) is 10.9. The van der Waals surface area contributed by atoms with E-state index in [-0.39, 0.29) is 24.0 Å². The van der Waals surface area contributed by atoms with Crippen molar-refractivity contribution in [2.75, 3.05) is 23.6 Å². The van der Waals surface area contributed by atoms with Gasteiger partial charge in [0.25, 0.3) is 5.91 Å². The Morgan fingerprint density at radius 1 is 1.43 bits per heavy atom. The van der Waals surface area contributed by atoms with Gasteiger partial charge in [-0.15, -0.1) is 11.8 Å². The number of carbonyl (C=O) groups is 4. The number of hydrogen-bond donors (Lipinski definition) is 1. The fourth-order valence-corrected chi connectivity index (χ4v) is 5.00. The van der Waals surface area contributed by atoms with E-state index in [2.05, 4.69) is 4.98 Å². The molecule has 0 aromatic carbocycles. The molecule has 0 bridgehead atoms. The summed E-state index contributed by atoms with van der Waals surface area (Å²) in [5.41, 5.74) is 0.156. The van der Waals surface area contributed by atoms with Crippen LogP contribution in [0.1, 0.15) is 13.8 Å². The average molecular weight is 426 g/mol. The van der Waals surface area contributed by atoms with E-state index in [1.807, 2.05) is 0 Å². The second-order valence-corrected chi connectivity index (χ2v) is 7.89. The van der Waals surface area contributed by atoms with Crippen LogP contribution in [0.25, 0.3) is 0 Å². The van der Waals surface area contributed by atoms with Crippen molar-refractivity contribution in [3.63, 3.8) is 0 Å². The molecule has 1 saturated heterocycles. The first-order valence-electron chi connectivity index (χ1n) is 8.18. The number of carboxylic acid groups (broad SMARTS) is 1. The van der Waals surface area contributed by atoms with Crippen molar-refractivity contribution >= 4 is 47.3 Å². The topological polar surface area (TPSA) is 122 Å². The van der Waals surface area contributed by atoms with Gasteiger partial charge in [0.15, 0.2) is 11.2 Å². The summed E-state index contributed by atoms with van der Waals surface area (Å²) in [6, 6.07) is -0.854. The number of aliphatic carboxylic acids is 1.